The fraction of sp³-hybridized carbons (Fsp3) is 0.556. The van der Waals surface area contributed by atoms with Crippen molar-refractivity contribution in [3.05, 3.63) is 29.8 Å². The van der Waals surface area contributed by atoms with E-state index in [0.717, 1.165) is 12.5 Å². The van der Waals surface area contributed by atoms with Gasteiger partial charge in [-0.1, -0.05) is 19.1 Å². The van der Waals surface area contributed by atoms with Gasteiger partial charge in [-0.15, -0.1) is 0 Å². The van der Waals surface area contributed by atoms with E-state index < -0.39 is 17.6 Å². The van der Waals surface area contributed by atoms with Gasteiger partial charge in [-0.05, 0) is 24.5 Å². The number of rotatable bonds is 4. The van der Waals surface area contributed by atoms with E-state index >= 15 is 0 Å². The number of nitrogens with zero attached hydrogens (tertiary/aromatic N) is 2. The maximum atomic E-state index is 13.0. The number of benzene rings is 1. The van der Waals surface area contributed by atoms with E-state index in [1.54, 1.807) is 0 Å². The molecule has 1 saturated heterocycles. The number of hydrogen-bond donors (Lipinski definition) is 1. The van der Waals surface area contributed by atoms with Gasteiger partial charge in [0, 0.05) is 32.1 Å². The number of amides is 2. The molecule has 2 atom stereocenters. The molecule has 2 aliphatic rings. The minimum Gasteiger partial charge on any atom is -0.340 e. The van der Waals surface area contributed by atoms with Gasteiger partial charge >= 0.3 is 6.18 Å². The van der Waals surface area contributed by atoms with E-state index in [1.165, 1.54) is 18.2 Å². The van der Waals surface area contributed by atoms with E-state index in [0.29, 0.717) is 32.1 Å². The van der Waals surface area contributed by atoms with Gasteiger partial charge in [-0.25, -0.2) is 0 Å². The predicted octanol–water partition coefficient (Wildman–Crippen LogP) is 2.44. The highest BCUT2D eigenvalue weighted by molar-refractivity contribution is 5.93. The highest BCUT2D eigenvalue weighted by Crippen LogP contribution is 2.39. The van der Waals surface area contributed by atoms with Gasteiger partial charge in [0.25, 0.3) is 0 Å². The molecule has 1 aromatic carbocycles. The second-order valence-corrected chi connectivity index (χ2v) is 7.01. The lowest BCUT2D eigenvalue weighted by molar-refractivity contribution is -0.137. The summed E-state index contributed by atoms with van der Waals surface area (Å²) in [5.41, 5.74) is -1.09. The summed E-state index contributed by atoms with van der Waals surface area (Å²) in [6, 6.07) is 4.93. The molecule has 0 spiro atoms. The number of halogens is 3. The molecule has 0 bridgehead atoms. The second-order valence-electron chi connectivity index (χ2n) is 7.01. The van der Waals surface area contributed by atoms with Crippen molar-refractivity contribution in [1.29, 1.82) is 0 Å². The Labute approximate surface area is 150 Å². The van der Waals surface area contributed by atoms with Crippen LogP contribution in [-0.4, -0.2) is 54.3 Å². The summed E-state index contributed by atoms with van der Waals surface area (Å²) in [5.74, 6) is 0.293. The lowest BCUT2D eigenvalue weighted by atomic mass is 10.1. The Morgan fingerprint density at radius 1 is 1.15 bits per heavy atom. The monoisotopic (exact) mass is 369 g/mol. The van der Waals surface area contributed by atoms with Crippen LogP contribution in [0.2, 0.25) is 0 Å². The molecule has 3 rings (SSSR count). The Morgan fingerprint density at radius 3 is 2.35 bits per heavy atom. The molecule has 0 aromatic heterocycles. The van der Waals surface area contributed by atoms with Gasteiger partial charge in [0.1, 0.15) is 0 Å². The van der Waals surface area contributed by atoms with Gasteiger partial charge in [0.2, 0.25) is 11.8 Å². The van der Waals surface area contributed by atoms with Crippen molar-refractivity contribution in [3.63, 3.8) is 0 Å². The number of carbonyl (C=O) groups is 2. The van der Waals surface area contributed by atoms with Gasteiger partial charge in [0.15, 0.2) is 0 Å². The summed E-state index contributed by atoms with van der Waals surface area (Å²) in [6.45, 7) is 4.25. The molecule has 26 heavy (non-hydrogen) atoms. The molecule has 1 N–H and O–H groups in total. The average molecular weight is 369 g/mol. The standard InChI is InChI=1S/C18H22F3N3O2/c1-12-10-13(12)17(26)24-8-6-23(7-9-24)11-16(25)22-15-5-3-2-4-14(15)18(19,20)21/h2-5,12-13H,6-11H2,1H3,(H,22,25)/t12-,13-/m0/s1. The molecule has 0 unspecified atom stereocenters. The van der Waals surface area contributed by atoms with Crippen LogP contribution < -0.4 is 5.32 Å². The molecule has 1 saturated carbocycles. The first-order valence-corrected chi connectivity index (χ1v) is 8.73. The van der Waals surface area contributed by atoms with Gasteiger partial charge in [-0.2, -0.15) is 13.2 Å². The molecule has 5 nitrogen and oxygen atoms in total. The Balaban J connectivity index is 1.50. The molecular formula is C18H22F3N3O2. The number of anilines is 1. The smallest absolute Gasteiger partial charge is 0.340 e. The van der Waals surface area contributed by atoms with Crippen molar-refractivity contribution in [1.82, 2.24) is 9.80 Å². The van der Waals surface area contributed by atoms with Crippen LogP contribution in [0, 0.1) is 11.8 Å². The first-order valence-electron chi connectivity index (χ1n) is 8.73. The third-order valence-electron chi connectivity index (χ3n) is 4.98. The van der Waals surface area contributed by atoms with Gasteiger partial charge in [0.05, 0.1) is 17.8 Å². The number of alkyl halides is 3. The number of para-hydroxylation sites is 1. The van der Waals surface area contributed by atoms with Crippen LogP contribution >= 0.6 is 0 Å². The summed E-state index contributed by atoms with van der Waals surface area (Å²) in [6.07, 6.45) is -3.57. The van der Waals surface area contributed by atoms with Crippen LogP contribution in [0.4, 0.5) is 18.9 Å². The fourth-order valence-corrected chi connectivity index (χ4v) is 3.26. The predicted molar refractivity (Wildman–Crippen MR) is 90.4 cm³/mol. The Bertz CT molecular complexity index is 685. The first-order chi connectivity index (χ1) is 12.3. The van der Waals surface area contributed by atoms with Gasteiger partial charge in [-0.3, -0.25) is 14.5 Å². The Morgan fingerprint density at radius 2 is 1.77 bits per heavy atom. The van der Waals surface area contributed by atoms with E-state index in [1.807, 2.05) is 9.80 Å². The minimum atomic E-state index is -4.52. The molecule has 142 valence electrons. The quantitative estimate of drug-likeness (QED) is 0.887. The average Bonchev–Trinajstić information content (AvgIpc) is 3.31. The number of hydrogen-bond acceptors (Lipinski definition) is 3. The van der Waals surface area contributed by atoms with Crippen molar-refractivity contribution >= 4 is 17.5 Å². The molecular weight excluding hydrogens is 347 g/mol. The summed E-state index contributed by atoms with van der Waals surface area (Å²) in [7, 11) is 0. The zero-order valence-corrected chi connectivity index (χ0v) is 14.6. The molecule has 1 aromatic rings. The van der Waals surface area contributed by atoms with Crippen LogP contribution in [0.5, 0.6) is 0 Å². The maximum Gasteiger partial charge on any atom is 0.418 e. The van der Waals surface area contributed by atoms with E-state index in [2.05, 4.69) is 12.2 Å². The summed E-state index contributed by atoms with van der Waals surface area (Å²) in [5, 5.41) is 2.35. The Kier molecular flexibility index (Phi) is 5.22. The van der Waals surface area contributed by atoms with Crippen molar-refractivity contribution in [2.45, 2.75) is 19.5 Å². The largest absolute Gasteiger partial charge is 0.418 e. The van der Waals surface area contributed by atoms with E-state index in [9.17, 15) is 22.8 Å². The molecule has 8 heteroatoms. The lowest BCUT2D eigenvalue weighted by Gasteiger charge is -2.34. The highest BCUT2D eigenvalue weighted by atomic mass is 19.4. The summed E-state index contributed by atoms with van der Waals surface area (Å²) >= 11 is 0. The third kappa shape index (κ3) is 4.35. The van der Waals surface area contributed by atoms with Crippen LogP contribution in [0.15, 0.2) is 24.3 Å². The van der Waals surface area contributed by atoms with Gasteiger partial charge < -0.3 is 10.2 Å². The van der Waals surface area contributed by atoms with Crippen LogP contribution in [0.3, 0.4) is 0 Å². The topological polar surface area (TPSA) is 52.7 Å². The number of nitrogens with one attached hydrogen (secondary N) is 1. The Hall–Kier alpha value is -2.09. The lowest BCUT2D eigenvalue weighted by Crippen LogP contribution is -2.51. The van der Waals surface area contributed by atoms with Crippen LogP contribution in [0.25, 0.3) is 0 Å². The van der Waals surface area contributed by atoms with E-state index in [4.69, 9.17) is 0 Å². The number of carbonyl (C=O) groups excluding carboxylic acids is 2. The van der Waals surface area contributed by atoms with Crippen molar-refractivity contribution in [3.8, 4) is 0 Å². The molecule has 0 radical (unpaired) electrons. The molecule has 2 amide bonds. The van der Waals surface area contributed by atoms with E-state index in [-0.39, 0.29) is 24.1 Å². The molecule has 1 aliphatic heterocycles. The van der Waals surface area contributed by atoms with Crippen molar-refractivity contribution < 1.29 is 22.8 Å². The zero-order chi connectivity index (χ0) is 18.9. The van der Waals surface area contributed by atoms with Crippen molar-refractivity contribution in [2.24, 2.45) is 11.8 Å². The third-order valence-corrected chi connectivity index (χ3v) is 4.98. The number of piperazine rings is 1. The molecule has 2 fully saturated rings. The minimum absolute atomic E-state index is 0.00799. The fourth-order valence-electron chi connectivity index (χ4n) is 3.26. The molecule has 1 aliphatic carbocycles. The van der Waals surface area contributed by atoms with Crippen molar-refractivity contribution in [2.75, 3.05) is 38.0 Å². The SMILES string of the molecule is C[C@H]1C[C@@H]1C(=O)N1CCN(CC(=O)Nc2ccccc2C(F)(F)F)CC1. The van der Waals surface area contributed by atoms with Crippen LogP contribution in [0.1, 0.15) is 18.9 Å². The zero-order valence-electron chi connectivity index (χ0n) is 14.6. The first kappa shape index (κ1) is 18.7. The van der Waals surface area contributed by atoms with Crippen LogP contribution in [-0.2, 0) is 15.8 Å². The molecule has 1 heterocycles. The summed E-state index contributed by atoms with van der Waals surface area (Å²) < 4.78 is 38.9. The second kappa shape index (κ2) is 7.26. The normalized spacial score (nSPS) is 23.6. The maximum absolute atomic E-state index is 13.0. The highest BCUT2D eigenvalue weighted by Gasteiger charge is 2.42. The summed E-state index contributed by atoms with van der Waals surface area (Å²) in [4.78, 5) is 28.0.